The molecule has 0 radical (unpaired) electrons. The molecule has 0 saturated heterocycles. The average Bonchev–Trinajstić information content (AvgIpc) is 2.04. The second-order valence-electron chi connectivity index (χ2n) is 2.98. The van der Waals surface area contributed by atoms with Crippen LogP contribution in [0.1, 0.15) is 6.92 Å². The lowest BCUT2D eigenvalue weighted by Crippen LogP contribution is -2.00. The zero-order valence-electron chi connectivity index (χ0n) is 8.07. The first-order chi connectivity index (χ1) is 6.09. The van der Waals surface area contributed by atoms with Gasteiger partial charge < -0.3 is 4.74 Å². The van der Waals surface area contributed by atoms with Crippen molar-refractivity contribution < 1.29 is 9.53 Å². The fourth-order valence-corrected chi connectivity index (χ4v) is 1.72. The molecule has 0 aliphatic carbocycles. The van der Waals surface area contributed by atoms with Crippen LogP contribution in [-0.2, 0) is 4.79 Å². The molecule has 1 aromatic carbocycles. The second kappa shape index (κ2) is 4.33. The molecule has 3 heteroatoms. The minimum Gasteiger partial charge on any atom is -0.427 e. The average molecular weight is 198 g/mol. The third-order valence-electron chi connectivity index (χ3n) is 1.61. The van der Waals surface area contributed by atoms with Crippen LogP contribution in [0.15, 0.2) is 29.2 Å². The summed E-state index contributed by atoms with van der Waals surface area (Å²) in [6, 6.07) is 7.67. The second-order valence-corrected chi connectivity index (χ2v) is 5.29. The standard InChI is InChI=1S/C10H14O2S/c1-8(11)12-9-4-6-10(7-5-9)13(2)3/h4-7,13H,1-3H3. The maximum absolute atomic E-state index is 10.6. The zero-order chi connectivity index (χ0) is 9.84. The van der Waals surface area contributed by atoms with E-state index in [9.17, 15) is 4.79 Å². The fraction of sp³-hybridized carbons (Fsp3) is 0.300. The summed E-state index contributed by atoms with van der Waals surface area (Å²) in [4.78, 5) is 11.9. The normalized spacial score (nSPS) is 10.8. The van der Waals surface area contributed by atoms with Gasteiger partial charge in [-0.25, -0.2) is 10.9 Å². The molecule has 0 aliphatic rings. The van der Waals surface area contributed by atoms with Gasteiger partial charge in [-0.2, -0.15) is 0 Å². The van der Waals surface area contributed by atoms with Crippen molar-refractivity contribution in [3.05, 3.63) is 24.3 Å². The van der Waals surface area contributed by atoms with E-state index in [1.165, 1.54) is 11.8 Å². The largest absolute Gasteiger partial charge is 0.427 e. The van der Waals surface area contributed by atoms with Gasteiger partial charge in [0.25, 0.3) is 0 Å². The molecule has 0 N–H and O–H groups in total. The van der Waals surface area contributed by atoms with E-state index in [-0.39, 0.29) is 16.9 Å². The van der Waals surface area contributed by atoms with Gasteiger partial charge in [-0.15, -0.1) is 0 Å². The van der Waals surface area contributed by atoms with Crippen LogP contribution in [0.2, 0.25) is 0 Å². The van der Waals surface area contributed by atoms with Gasteiger partial charge in [0.1, 0.15) is 5.75 Å². The maximum atomic E-state index is 10.6. The first-order valence-corrected chi connectivity index (χ1v) is 6.29. The number of carbonyl (C=O) groups excluding carboxylic acids is 1. The van der Waals surface area contributed by atoms with Crippen LogP contribution in [0.3, 0.4) is 0 Å². The summed E-state index contributed by atoms with van der Waals surface area (Å²) >= 11 is 0. The Hall–Kier alpha value is -0.960. The topological polar surface area (TPSA) is 26.3 Å². The van der Waals surface area contributed by atoms with Crippen molar-refractivity contribution in [2.45, 2.75) is 11.8 Å². The Bertz CT molecular complexity index is 290. The highest BCUT2D eigenvalue weighted by Gasteiger charge is 1.98. The minimum absolute atomic E-state index is 0.0688. The molecule has 0 atom stereocenters. The van der Waals surface area contributed by atoms with Crippen molar-refractivity contribution in [2.24, 2.45) is 0 Å². The van der Waals surface area contributed by atoms with Crippen molar-refractivity contribution in [2.75, 3.05) is 12.5 Å². The molecule has 0 bridgehead atoms. The summed E-state index contributed by atoms with van der Waals surface area (Å²) in [5, 5.41) is 0. The van der Waals surface area contributed by atoms with Crippen LogP contribution in [0.4, 0.5) is 0 Å². The van der Waals surface area contributed by atoms with Crippen LogP contribution in [-0.4, -0.2) is 18.5 Å². The van der Waals surface area contributed by atoms with Crippen molar-refractivity contribution in [1.82, 2.24) is 0 Å². The van der Waals surface area contributed by atoms with E-state index in [1.807, 2.05) is 24.3 Å². The van der Waals surface area contributed by atoms with Gasteiger partial charge in [0.05, 0.1) is 0 Å². The minimum atomic E-state index is -0.275. The number of hydrogen-bond acceptors (Lipinski definition) is 2. The number of thiol groups is 1. The SMILES string of the molecule is CC(=O)Oc1ccc([SH](C)C)cc1. The number of rotatable bonds is 2. The molecule has 0 aromatic heterocycles. The smallest absolute Gasteiger partial charge is 0.308 e. The van der Waals surface area contributed by atoms with Gasteiger partial charge in [0.2, 0.25) is 0 Å². The first kappa shape index (κ1) is 10.1. The molecule has 2 nitrogen and oxygen atoms in total. The number of benzene rings is 1. The molecule has 0 aliphatic heterocycles. The third-order valence-corrected chi connectivity index (χ3v) is 2.95. The first-order valence-electron chi connectivity index (χ1n) is 4.05. The highest BCUT2D eigenvalue weighted by atomic mass is 32.2. The summed E-state index contributed by atoms with van der Waals surface area (Å²) in [5.74, 6) is 0.344. The van der Waals surface area contributed by atoms with E-state index in [0.717, 1.165) is 0 Å². The number of carbonyl (C=O) groups is 1. The summed E-state index contributed by atoms with van der Waals surface area (Å²) < 4.78 is 4.92. The maximum Gasteiger partial charge on any atom is 0.308 e. The molecule has 0 unspecified atom stereocenters. The fourth-order valence-electron chi connectivity index (χ4n) is 0.978. The van der Waals surface area contributed by atoms with E-state index in [1.54, 1.807) is 0 Å². The van der Waals surface area contributed by atoms with E-state index < -0.39 is 0 Å². The van der Waals surface area contributed by atoms with Crippen LogP contribution < -0.4 is 4.74 Å². The predicted octanol–water partition coefficient (Wildman–Crippen LogP) is 2.23. The van der Waals surface area contributed by atoms with Crippen LogP contribution in [0.25, 0.3) is 0 Å². The van der Waals surface area contributed by atoms with Crippen molar-refractivity contribution in [3.63, 3.8) is 0 Å². The highest BCUT2D eigenvalue weighted by molar-refractivity contribution is 8.15. The molecule has 0 saturated carbocycles. The molecule has 1 rings (SSSR count). The van der Waals surface area contributed by atoms with Crippen LogP contribution in [0, 0.1) is 0 Å². The molecule has 0 spiro atoms. The van der Waals surface area contributed by atoms with Crippen molar-refractivity contribution in [1.29, 1.82) is 0 Å². The molecule has 1 aromatic rings. The van der Waals surface area contributed by atoms with Crippen LogP contribution >= 0.6 is 10.9 Å². The summed E-state index contributed by atoms with van der Waals surface area (Å²) in [5.41, 5.74) is 0. The monoisotopic (exact) mass is 198 g/mol. The Morgan fingerprint density at radius 2 is 1.77 bits per heavy atom. The number of esters is 1. The van der Waals surface area contributed by atoms with Gasteiger partial charge in [-0.3, -0.25) is 4.79 Å². The highest BCUT2D eigenvalue weighted by Crippen LogP contribution is 2.29. The number of hydrogen-bond donors (Lipinski definition) is 1. The zero-order valence-corrected chi connectivity index (χ0v) is 8.97. The Morgan fingerprint density at radius 3 is 2.15 bits per heavy atom. The van der Waals surface area contributed by atoms with Gasteiger partial charge in [0.15, 0.2) is 0 Å². The molecule has 0 fully saturated rings. The predicted molar refractivity (Wildman–Crippen MR) is 56.9 cm³/mol. The Morgan fingerprint density at radius 1 is 1.23 bits per heavy atom. The van der Waals surface area contributed by atoms with E-state index in [0.29, 0.717) is 5.75 Å². The van der Waals surface area contributed by atoms with Crippen molar-refractivity contribution in [3.8, 4) is 5.75 Å². The van der Waals surface area contributed by atoms with Crippen molar-refractivity contribution >= 4 is 16.9 Å². The van der Waals surface area contributed by atoms with Gasteiger partial charge in [-0.05, 0) is 41.7 Å². The summed E-state index contributed by atoms with van der Waals surface area (Å²) in [6.45, 7) is 1.40. The number of ether oxygens (including phenoxy) is 1. The Kier molecular flexibility index (Phi) is 3.37. The van der Waals surface area contributed by atoms with Gasteiger partial charge in [-0.1, -0.05) is 0 Å². The molecular formula is C10H14O2S. The van der Waals surface area contributed by atoms with E-state index in [2.05, 4.69) is 12.5 Å². The van der Waals surface area contributed by atoms with E-state index >= 15 is 0 Å². The third kappa shape index (κ3) is 3.11. The lowest BCUT2D eigenvalue weighted by molar-refractivity contribution is -0.131. The van der Waals surface area contributed by atoms with Crippen LogP contribution in [0.5, 0.6) is 5.75 Å². The molecule has 13 heavy (non-hydrogen) atoms. The Labute approximate surface area is 81.3 Å². The lowest BCUT2D eigenvalue weighted by Gasteiger charge is -2.09. The lowest BCUT2D eigenvalue weighted by atomic mass is 10.3. The van der Waals surface area contributed by atoms with E-state index in [4.69, 9.17) is 4.74 Å². The quantitative estimate of drug-likeness (QED) is 0.448. The Balaban J connectivity index is 2.75. The molecule has 0 amide bonds. The van der Waals surface area contributed by atoms with Gasteiger partial charge in [0, 0.05) is 6.92 Å². The molecule has 0 heterocycles. The van der Waals surface area contributed by atoms with Gasteiger partial charge >= 0.3 is 5.97 Å². The molecule has 72 valence electrons. The summed E-state index contributed by atoms with van der Waals surface area (Å²) in [6.07, 6.45) is 4.38. The summed E-state index contributed by atoms with van der Waals surface area (Å²) in [7, 11) is -0.0688. The molecular weight excluding hydrogens is 184 g/mol.